The average Bonchev–Trinajstić information content (AvgIpc) is 2.57. The van der Waals surface area contributed by atoms with E-state index in [0.717, 1.165) is 10.5 Å². The smallest absolute Gasteiger partial charge is 0.272 e. The molecule has 0 saturated carbocycles. The highest BCUT2D eigenvalue weighted by Gasteiger charge is 2.14. The van der Waals surface area contributed by atoms with Crippen LogP contribution in [-0.2, 0) is 4.79 Å². The fourth-order valence-electron chi connectivity index (χ4n) is 1.89. The van der Waals surface area contributed by atoms with E-state index in [1.54, 1.807) is 25.1 Å². The Kier molecular flexibility index (Phi) is 6.08. The van der Waals surface area contributed by atoms with E-state index in [4.69, 9.17) is 0 Å². The van der Waals surface area contributed by atoms with Crippen LogP contribution in [0.3, 0.4) is 0 Å². The number of hydrogen-bond acceptors (Lipinski definition) is 5. The van der Waals surface area contributed by atoms with Crippen molar-refractivity contribution in [2.75, 3.05) is 0 Å². The highest BCUT2D eigenvalue weighted by Crippen LogP contribution is 2.23. The van der Waals surface area contributed by atoms with Gasteiger partial charge in [0.1, 0.15) is 0 Å². The number of benzene rings is 2. The lowest BCUT2D eigenvalue weighted by molar-refractivity contribution is -0.385. The zero-order valence-corrected chi connectivity index (χ0v) is 14.1. The second-order valence-electron chi connectivity index (χ2n) is 5.12. The predicted octanol–water partition coefficient (Wildman–Crippen LogP) is 3.53. The van der Waals surface area contributed by atoms with Crippen molar-refractivity contribution in [1.82, 2.24) is 5.43 Å². The van der Waals surface area contributed by atoms with E-state index < -0.39 is 4.92 Å². The van der Waals surface area contributed by atoms with Crippen LogP contribution in [0.15, 0.2) is 58.5 Å². The first kappa shape index (κ1) is 17.7. The van der Waals surface area contributed by atoms with Crippen LogP contribution in [0.1, 0.15) is 18.1 Å². The molecule has 0 bridgehead atoms. The largest absolute Gasteiger partial charge is 0.278 e. The summed E-state index contributed by atoms with van der Waals surface area (Å²) >= 11 is 1.42. The minimum atomic E-state index is -0.487. The summed E-state index contributed by atoms with van der Waals surface area (Å²) in [5.74, 6) is -0.268. The summed E-state index contributed by atoms with van der Waals surface area (Å²) in [6.07, 6.45) is 1.28. The van der Waals surface area contributed by atoms with Gasteiger partial charge in [0.05, 0.1) is 22.0 Å². The van der Waals surface area contributed by atoms with E-state index in [1.165, 1.54) is 24.0 Å². The predicted molar refractivity (Wildman–Crippen MR) is 95.3 cm³/mol. The SMILES string of the molecule is Cc1ccc(S[C@H](C)C(=O)N/N=C\c2ccccc2[N+](=O)[O-])cc1. The van der Waals surface area contributed by atoms with Gasteiger partial charge in [0.15, 0.2) is 0 Å². The van der Waals surface area contributed by atoms with Gasteiger partial charge in [0.2, 0.25) is 0 Å². The fourth-order valence-corrected chi connectivity index (χ4v) is 2.75. The van der Waals surface area contributed by atoms with Crippen LogP contribution in [0.5, 0.6) is 0 Å². The molecule has 0 radical (unpaired) electrons. The molecular formula is C17H17N3O3S. The number of thioether (sulfide) groups is 1. The maximum Gasteiger partial charge on any atom is 0.278 e. The monoisotopic (exact) mass is 343 g/mol. The lowest BCUT2D eigenvalue weighted by Crippen LogP contribution is -2.26. The molecule has 0 unspecified atom stereocenters. The van der Waals surface area contributed by atoms with E-state index >= 15 is 0 Å². The van der Waals surface area contributed by atoms with E-state index in [-0.39, 0.29) is 16.8 Å². The molecule has 0 heterocycles. The number of carbonyl (C=O) groups excluding carboxylic acids is 1. The van der Waals surface area contributed by atoms with Crippen molar-refractivity contribution in [3.8, 4) is 0 Å². The highest BCUT2D eigenvalue weighted by atomic mass is 32.2. The quantitative estimate of drug-likeness (QED) is 0.376. The number of amides is 1. The van der Waals surface area contributed by atoms with Crippen molar-refractivity contribution >= 4 is 29.6 Å². The molecule has 1 atom stereocenters. The Labute approximate surface area is 144 Å². The third kappa shape index (κ3) is 4.92. The molecule has 124 valence electrons. The van der Waals surface area contributed by atoms with Crippen molar-refractivity contribution in [3.63, 3.8) is 0 Å². The van der Waals surface area contributed by atoms with Crippen molar-refractivity contribution in [3.05, 3.63) is 69.8 Å². The Morgan fingerprint density at radius 3 is 2.58 bits per heavy atom. The first-order chi connectivity index (χ1) is 11.5. The Morgan fingerprint density at radius 2 is 1.92 bits per heavy atom. The van der Waals surface area contributed by atoms with Gasteiger partial charge in [-0.3, -0.25) is 14.9 Å². The van der Waals surface area contributed by atoms with Crippen LogP contribution >= 0.6 is 11.8 Å². The molecule has 24 heavy (non-hydrogen) atoms. The van der Waals surface area contributed by atoms with Crippen molar-refractivity contribution in [2.24, 2.45) is 5.10 Å². The number of para-hydroxylation sites is 1. The molecule has 1 N–H and O–H groups in total. The van der Waals surface area contributed by atoms with Gasteiger partial charge in [0, 0.05) is 11.0 Å². The average molecular weight is 343 g/mol. The Morgan fingerprint density at radius 1 is 1.25 bits per heavy atom. The van der Waals surface area contributed by atoms with Crippen molar-refractivity contribution in [1.29, 1.82) is 0 Å². The molecule has 2 aromatic carbocycles. The first-order valence-electron chi connectivity index (χ1n) is 7.27. The lowest BCUT2D eigenvalue weighted by atomic mass is 10.2. The van der Waals surface area contributed by atoms with Gasteiger partial charge in [-0.25, -0.2) is 5.43 Å². The zero-order valence-electron chi connectivity index (χ0n) is 13.3. The number of nitrogens with one attached hydrogen (secondary N) is 1. The fraction of sp³-hybridized carbons (Fsp3) is 0.176. The van der Waals surface area contributed by atoms with Gasteiger partial charge in [-0.2, -0.15) is 5.10 Å². The molecule has 0 fully saturated rings. The minimum Gasteiger partial charge on any atom is -0.272 e. The molecule has 0 aliphatic rings. The molecular weight excluding hydrogens is 326 g/mol. The Bertz CT molecular complexity index is 760. The van der Waals surface area contributed by atoms with E-state index in [9.17, 15) is 14.9 Å². The third-order valence-electron chi connectivity index (χ3n) is 3.21. The van der Waals surface area contributed by atoms with E-state index in [0.29, 0.717) is 5.56 Å². The lowest BCUT2D eigenvalue weighted by Gasteiger charge is -2.09. The van der Waals surface area contributed by atoms with Crippen LogP contribution < -0.4 is 5.43 Å². The van der Waals surface area contributed by atoms with Gasteiger partial charge in [-0.1, -0.05) is 29.8 Å². The summed E-state index contributed by atoms with van der Waals surface area (Å²) in [4.78, 5) is 23.5. The number of aryl methyl sites for hydroxylation is 1. The third-order valence-corrected chi connectivity index (χ3v) is 4.33. The molecule has 2 rings (SSSR count). The summed E-state index contributed by atoms with van der Waals surface area (Å²) in [6, 6.07) is 14.1. The molecule has 1 amide bonds. The second kappa shape index (κ2) is 8.26. The van der Waals surface area contributed by atoms with Gasteiger partial charge in [0.25, 0.3) is 11.6 Å². The van der Waals surface area contributed by atoms with E-state index in [1.807, 2.05) is 31.2 Å². The topological polar surface area (TPSA) is 84.6 Å². The van der Waals surface area contributed by atoms with Crippen LogP contribution in [0.2, 0.25) is 0 Å². The second-order valence-corrected chi connectivity index (χ2v) is 6.54. The zero-order chi connectivity index (χ0) is 17.5. The highest BCUT2D eigenvalue weighted by molar-refractivity contribution is 8.00. The Balaban J connectivity index is 1.95. The molecule has 0 aliphatic heterocycles. The molecule has 7 heteroatoms. The maximum atomic E-state index is 12.0. The summed E-state index contributed by atoms with van der Waals surface area (Å²) in [5, 5.41) is 14.4. The number of nitro groups is 1. The normalized spacial score (nSPS) is 12.1. The molecule has 0 saturated heterocycles. The van der Waals surface area contributed by atoms with Gasteiger partial charge >= 0.3 is 0 Å². The summed E-state index contributed by atoms with van der Waals surface area (Å²) in [5.41, 5.74) is 3.85. The number of hydrogen-bond donors (Lipinski definition) is 1. The number of hydrazone groups is 1. The number of nitro benzene ring substituents is 1. The van der Waals surface area contributed by atoms with Gasteiger partial charge < -0.3 is 0 Å². The van der Waals surface area contributed by atoms with Crippen LogP contribution in [0.25, 0.3) is 0 Å². The Hall–Kier alpha value is -2.67. The van der Waals surface area contributed by atoms with E-state index in [2.05, 4.69) is 10.5 Å². The van der Waals surface area contributed by atoms with Crippen molar-refractivity contribution < 1.29 is 9.72 Å². The van der Waals surface area contributed by atoms with Gasteiger partial charge in [-0.15, -0.1) is 11.8 Å². The molecule has 6 nitrogen and oxygen atoms in total. The van der Waals surface area contributed by atoms with Crippen molar-refractivity contribution in [2.45, 2.75) is 24.0 Å². The molecule has 0 aliphatic carbocycles. The number of rotatable bonds is 6. The standard InChI is InChI=1S/C17H17N3O3S/c1-12-7-9-15(10-8-12)24-13(2)17(21)19-18-11-14-5-3-4-6-16(14)20(22)23/h3-11,13H,1-2H3,(H,19,21)/b18-11-/t13-/m1/s1. The molecule has 2 aromatic rings. The number of nitrogens with zero attached hydrogens (tertiary/aromatic N) is 2. The van der Waals surface area contributed by atoms with Crippen LogP contribution in [-0.4, -0.2) is 22.3 Å². The van der Waals surface area contributed by atoms with Crippen LogP contribution in [0.4, 0.5) is 5.69 Å². The molecule has 0 aromatic heterocycles. The first-order valence-corrected chi connectivity index (χ1v) is 8.15. The summed E-state index contributed by atoms with van der Waals surface area (Å²) < 4.78 is 0. The van der Waals surface area contributed by atoms with Gasteiger partial charge in [-0.05, 0) is 32.0 Å². The summed E-state index contributed by atoms with van der Waals surface area (Å²) in [6.45, 7) is 3.78. The summed E-state index contributed by atoms with van der Waals surface area (Å²) in [7, 11) is 0. The number of carbonyl (C=O) groups is 1. The maximum absolute atomic E-state index is 12.0. The molecule has 0 spiro atoms. The van der Waals surface area contributed by atoms with Crippen LogP contribution in [0, 0.1) is 17.0 Å². The minimum absolute atomic E-state index is 0.0578.